The summed E-state index contributed by atoms with van der Waals surface area (Å²) in [5, 5.41) is 4.31. The van der Waals surface area contributed by atoms with Crippen molar-refractivity contribution in [2.45, 2.75) is 6.92 Å². The molecule has 0 radical (unpaired) electrons. The van der Waals surface area contributed by atoms with Gasteiger partial charge < -0.3 is 10.1 Å². The van der Waals surface area contributed by atoms with Gasteiger partial charge in [0, 0.05) is 17.1 Å². The summed E-state index contributed by atoms with van der Waals surface area (Å²) in [7, 11) is 0. The maximum Gasteiger partial charge on any atom is 0.141 e. The summed E-state index contributed by atoms with van der Waals surface area (Å²) in [4.78, 5) is 8.57. The van der Waals surface area contributed by atoms with Gasteiger partial charge in [0.05, 0.1) is 12.1 Å². The predicted octanol–water partition coefficient (Wildman–Crippen LogP) is 3.77. The van der Waals surface area contributed by atoms with Crippen LogP contribution in [0.1, 0.15) is 6.92 Å². The van der Waals surface area contributed by atoms with Crippen molar-refractivity contribution in [2.75, 3.05) is 11.9 Å². The zero-order valence-corrected chi connectivity index (χ0v) is 11.2. The molecular formula is C16H15N3O. The Bertz CT molecular complexity index is 722. The third-order valence-corrected chi connectivity index (χ3v) is 2.95. The second-order valence-electron chi connectivity index (χ2n) is 4.33. The fourth-order valence-electron chi connectivity index (χ4n) is 2.07. The average Bonchev–Trinajstić information content (AvgIpc) is 2.48. The SMILES string of the molecule is CCOc1cccc(Nc2ncnc3ccccc23)c1. The standard InChI is InChI=1S/C16H15N3O/c1-2-20-13-7-5-6-12(10-13)19-16-14-8-3-4-9-15(14)17-11-18-16/h3-11H,2H2,1H3,(H,17,18,19). The van der Waals surface area contributed by atoms with Crippen molar-refractivity contribution >= 4 is 22.4 Å². The Balaban J connectivity index is 1.95. The molecule has 1 heterocycles. The minimum absolute atomic E-state index is 0.653. The third kappa shape index (κ3) is 2.54. The summed E-state index contributed by atoms with van der Waals surface area (Å²) in [5.41, 5.74) is 1.87. The molecule has 0 fully saturated rings. The van der Waals surface area contributed by atoms with Crippen LogP contribution in [0.2, 0.25) is 0 Å². The molecule has 0 spiro atoms. The van der Waals surface area contributed by atoms with Gasteiger partial charge in [0.1, 0.15) is 17.9 Å². The van der Waals surface area contributed by atoms with E-state index < -0.39 is 0 Å². The summed E-state index contributed by atoms with van der Waals surface area (Å²) in [6, 6.07) is 15.8. The lowest BCUT2D eigenvalue weighted by molar-refractivity contribution is 0.340. The molecule has 4 heteroatoms. The molecule has 0 saturated carbocycles. The molecule has 1 aromatic heterocycles. The number of nitrogens with one attached hydrogen (secondary N) is 1. The summed E-state index contributed by atoms with van der Waals surface area (Å²) in [6.45, 7) is 2.62. The van der Waals surface area contributed by atoms with E-state index in [9.17, 15) is 0 Å². The van der Waals surface area contributed by atoms with Crippen LogP contribution in [0.4, 0.5) is 11.5 Å². The Labute approximate surface area is 117 Å². The molecular weight excluding hydrogens is 250 g/mol. The Morgan fingerprint density at radius 2 is 1.95 bits per heavy atom. The van der Waals surface area contributed by atoms with Crippen LogP contribution in [0.25, 0.3) is 10.9 Å². The number of hydrogen-bond donors (Lipinski definition) is 1. The molecule has 20 heavy (non-hydrogen) atoms. The third-order valence-electron chi connectivity index (χ3n) is 2.95. The Morgan fingerprint density at radius 1 is 1.05 bits per heavy atom. The number of hydrogen-bond acceptors (Lipinski definition) is 4. The van der Waals surface area contributed by atoms with Crippen molar-refractivity contribution < 1.29 is 4.74 Å². The van der Waals surface area contributed by atoms with Crippen molar-refractivity contribution in [3.63, 3.8) is 0 Å². The van der Waals surface area contributed by atoms with Crippen LogP contribution in [-0.4, -0.2) is 16.6 Å². The van der Waals surface area contributed by atoms with Gasteiger partial charge in [0.25, 0.3) is 0 Å². The van der Waals surface area contributed by atoms with E-state index in [1.807, 2.05) is 55.5 Å². The van der Waals surface area contributed by atoms with E-state index in [4.69, 9.17) is 4.74 Å². The fourth-order valence-corrected chi connectivity index (χ4v) is 2.07. The van der Waals surface area contributed by atoms with E-state index in [1.54, 1.807) is 6.33 Å². The first-order chi connectivity index (χ1) is 9.86. The highest BCUT2D eigenvalue weighted by atomic mass is 16.5. The van der Waals surface area contributed by atoms with Gasteiger partial charge in [-0.1, -0.05) is 18.2 Å². The van der Waals surface area contributed by atoms with Crippen molar-refractivity contribution in [3.8, 4) is 5.75 Å². The molecule has 0 saturated heterocycles. The molecule has 0 aliphatic carbocycles. The minimum atomic E-state index is 0.653. The molecule has 100 valence electrons. The van der Waals surface area contributed by atoms with Gasteiger partial charge in [-0.3, -0.25) is 0 Å². The first-order valence-corrected chi connectivity index (χ1v) is 6.56. The van der Waals surface area contributed by atoms with Crippen molar-refractivity contribution in [3.05, 3.63) is 54.9 Å². The molecule has 0 bridgehead atoms. The molecule has 0 atom stereocenters. The number of fused-ring (bicyclic) bond motifs is 1. The highest BCUT2D eigenvalue weighted by Crippen LogP contribution is 2.24. The van der Waals surface area contributed by atoms with Gasteiger partial charge >= 0.3 is 0 Å². The number of ether oxygens (including phenoxy) is 1. The van der Waals surface area contributed by atoms with Crippen LogP contribution in [0.5, 0.6) is 5.75 Å². The Kier molecular flexibility index (Phi) is 3.46. The highest BCUT2D eigenvalue weighted by molar-refractivity contribution is 5.90. The summed E-state index contributed by atoms with van der Waals surface area (Å²) in [6.07, 6.45) is 1.57. The van der Waals surface area contributed by atoms with E-state index in [0.717, 1.165) is 28.2 Å². The van der Waals surface area contributed by atoms with E-state index in [-0.39, 0.29) is 0 Å². The first kappa shape index (κ1) is 12.4. The van der Waals surface area contributed by atoms with Crippen LogP contribution in [0, 0.1) is 0 Å². The number of rotatable bonds is 4. The molecule has 0 aliphatic heterocycles. The largest absolute Gasteiger partial charge is 0.494 e. The predicted molar refractivity (Wildman–Crippen MR) is 80.4 cm³/mol. The lowest BCUT2D eigenvalue weighted by Gasteiger charge is -2.09. The number of para-hydroxylation sites is 1. The van der Waals surface area contributed by atoms with E-state index in [1.165, 1.54) is 0 Å². The molecule has 3 rings (SSSR count). The van der Waals surface area contributed by atoms with E-state index in [2.05, 4.69) is 15.3 Å². The van der Waals surface area contributed by atoms with Gasteiger partial charge in [0.2, 0.25) is 0 Å². The monoisotopic (exact) mass is 265 g/mol. The quantitative estimate of drug-likeness (QED) is 0.780. The zero-order chi connectivity index (χ0) is 13.8. The van der Waals surface area contributed by atoms with Crippen LogP contribution in [0.15, 0.2) is 54.9 Å². The Hall–Kier alpha value is -2.62. The number of benzene rings is 2. The van der Waals surface area contributed by atoms with Gasteiger partial charge in [-0.2, -0.15) is 0 Å². The maximum absolute atomic E-state index is 5.50. The Morgan fingerprint density at radius 3 is 2.85 bits per heavy atom. The molecule has 0 amide bonds. The number of nitrogens with zero attached hydrogens (tertiary/aromatic N) is 2. The molecule has 1 N–H and O–H groups in total. The molecule has 0 aliphatic rings. The lowest BCUT2D eigenvalue weighted by Crippen LogP contribution is -1.97. The van der Waals surface area contributed by atoms with Crippen LogP contribution >= 0.6 is 0 Å². The smallest absolute Gasteiger partial charge is 0.141 e. The van der Waals surface area contributed by atoms with Gasteiger partial charge in [-0.25, -0.2) is 9.97 Å². The zero-order valence-electron chi connectivity index (χ0n) is 11.2. The lowest BCUT2D eigenvalue weighted by atomic mass is 10.2. The molecule has 4 nitrogen and oxygen atoms in total. The van der Waals surface area contributed by atoms with Crippen LogP contribution in [-0.2, 0) is 0 Å². The van der Waals surface area contributed by atoms with Crippen molar-refractivity contribution in [1.29, 1.82) is 0 Å². The summed E-state index contributed by atoms with van der Waals surface area (Å²) >= 11 is 0. The summed E-state index contributed by atoms with van der Waals surface area (Å²) < 4.78 is 5.50. The number of anilines is 2. The van der Waals surface area contributed by atoms with Gasteiger partial charge in [-0.15, -0.1) is 0 Å². The van der Waals surface area contributed by atoms with Gasteiger partial charge in [-0.05, 0) is 31.2 Å². The topological polar surface area (TPSA) is 47.0 Å². The van der Waals surface area contributed by atoms with E-state index in [0.29, 0.717) is 6.61 Å². The van der Waals surface area contributed by atoms with Crippen molar-refractivity contribution in [1.82, 2.24) is 9.97 Å². The second-order valence-corrected chi connectivity index (χ2v) is 4.33. The number of aromatic nitrogens is 2. The van der Waals surface area contributed by atoms with Crippen LogP contribution < -0.4 is 10.1 Å². The minimum Gasteiger partial charge on any atom is -0.494 e. The molecule has 3 aromatic rings. The normalized spacial score (nSPS) is 10.4. The summed E-state index contributed by atoms with van der Waals surface area (Å²) in [5.74, 6) is 1.64. The average molecular weight is 265 g/mol. The first-order valence-electron chi connectivity index (χ1n) is 6.56. The highest BCUT2D eigenvalue weighted by Gasteiger charge is 2.03. The molecule has 0 unspecified atom stereocenters. The van der Waals surface area contributed by atoms with Gasteiger partial charge in [0.15, 0.2) is 0 Å². The fraction of sp³-hybridized carbons (Fsp3) is 0.125. The molecule has 2 aromatic carbocycles. The second kappa shape index (κ2) is 5.57. The van der Waals surface area contributed by atoms with E-state index >= 15 is 0 Å². The van der Waals surface area contributed by atoms with Crippen molar-refractivity contribution in [2.24, 2.45) is 0 Å². The van der Waals surface area contributed by atoms with Crippen LogP contribution in [0.3, 0.4) is 0 Å². The maximum atomic E-state index is 5.50.